The van der Waals surface area contributed by atoms with Gasteiger partial charge < -0.3 is 19.7 Å². The van der Waals surface area contributed by atoms with Crippen molar-refractivity contribution in [1.29, 1.82) is 0 Å². The molecule has 31 heavy (non-hydrogen) atoms. The van der Waals surface area contributed by atoms with Crippen LogP contribution in [0.2, 0.25) is 5.02 Å². The summed E-state index contributed by atoms with van der Waals surface area (Å²) in [5.74, 6) is 1.03. The lowest BCUT2D eigenvalue weighted by Crippen LogP contribution is -2.46. The van der Waals surface area contributed by atoms with Gasteiger partial charge in [0, 0.05) is 55.3 Å². The molecule has 1 aliphatic heterocycles. The van der Waals surface area contributed by atoms with Gasteiger partial charge in [-0.15, -0.1) is 0 Å². The topological polar surface area (TPSA) is 36.3 Å². The van der Waals surface area contributed by atoms with Crippen LogP contribution in [0.4, 0.5) is 17.1 Å². The zero-order valence-corrected chi connectivity index (χ0v) is 18.4. The molecule has 158 valence electrons. The number of aromatic nitrogens is 2. The van der Waals surface area contributed by atoms with Gasteiger partial charge in [-0.3, -0.25) is 0 Å². The summed E-state index contributed by atoms with van der Waals surface area (Å²) >= 11 is 6.01. The van der Waals surface area contributed by atoms with Gasteiger partial charge in [-0.25, -0.2) is 4.98 Å². The van der Waals surface area contributed by atoms with Crippen LogP contribution < -0.4 is 15.1 Å². The molecule has 4 aromatic rings. The molecule has 1 saturated heterocycles. The SMILES string of the molecule is Cn1c(CNc2ccc(N3CCN(c4ccc(Cl)cc4)CC3)cc2)nc2ccccc21. The van der Waals surface area contributed by atoms with E-state index < -0.39 is 0 Å². The second-order valence-corrected chi connectivity index (χ2v) is 8.36. The predicted octanol–water partition coefficient (Wildman–Crippen LogP) is 5.17. The largest absolute Gasteiger partial charge is 0.378 e. The minimum atomic E-state index is 0.699. The van der Waals surface area contributed by atoms with Crippen LogP contribution >= 0.6 is 11.6 Å². The number of para-hydroxylation sites is 2. The number of imidazole rings is 1. The molecule has 1 aliphatic rings. The number of anilines is 3. The molecular formula is C25H26ClN5. The molecule has 3 aromatic carbocycles. The Labute approximate surface area is 187 Å². The molecule has 0 bridgehead atoms. The van der Waals surface area contributed by atoms with Gasteiger partial charge in [-0.05, 0) is 60.7 Å². The van der Waals surface area contributed by atoms with Crippen molar-refractivity contribution in [3.05, 3.63) is 83.6 Å². The first-order valence-corrected chi connectivity index (χ1v) is 11.0. The maximum Gasteiger partial charge on any atom is 0.128 e. The molecule has 1 N–H and O–H groups in total. The van der Waals surface area contributed by atoms with Gasteiger partial charge in [0.1, 0.15) is 5.82 Å². The van der Waals surface area contributed by atoms with Crippen LogP contribution in [0.3, 0.4) is 0 Å². The highest BCUT2D eigenvalue weighted by Gasteiger charge is 2.17. The zero-order chi connectivity index (χ0) is 21.2. The van der Waals surface area contributed by atoms with E-state index in [2.05, 4.69) is 81.3 Å². The molecule has 0 atom stereocenters. The fourth-order valence-corrected chi connectivity index (χ4v) is 4.33. The average molecular weight is 432 g/mol. The Bertz CT molecular complexity index is 1160. The van der Waals surface area contributed by atoms with Crippen molar-refractivity contribution in [3.8, 4) is 0 Å². The normalized spacial score (nSPS) is 14.3. The Morgan fingerprint density at radius 3 is 2.00 bits per heavy atom. The molecule has 0 unspecified atom stereocenters. The lowest BCUT2D eigenvalue weighted by atomic mass is 10.2. The Morgan fingerprint density at radius 1 is 0.806 bits per heavy atom. The first-order chi connectivity index (χ1) is 15.2. The van der Waals surface area contributed by atoms with Crippen molar-refractivity contribution in [3.63, 3.8) is 0 Å². The number of rotatable bonds is 5. The van der Waals surface area contributed by atoms with E-state index in [4.69, 9.17) is 16.6 Å². The van der Waals surface area contributed by atoms with Crippen molar-refractivity contribution in [1.82, 2.24) is 9.55 Å². The monoisotopic (exact) mass is 431 g/mol. The molecule has 5 rings (SSSR count). The van der Waals surface area contributed by atoms with E-state index in [-0.39, 0.29) is 0 Å². The number of benzene rings is 3. The van der Waals surface area contributed by atoms with Gasteiger partial charge in [-0.2, -0.15) is 0 Å². The van der Waals surface area contributed by atoms with Gasteiger partial charge in [0.2, 0.25) is 0 Å². The first kappa shape index (κ1) is 19.8. The van der Waals surface area contributed by atoms with Crippen LogP contribution in [-0.4, -0.2) is 35.7 Å². The Morgan fingerprint density at radius 2 is 1.39 bits per heavy atom. The van der Waals surface area contributed by atoms with E-state index in [1.165, 1.54) is 11.4 Å². The number of halogens is 1. The third-order valence-corrected chi connectivity index (χ3v) is 6.29. The summed E-state index contributed by atoms with van der Waals surface area (Å²) < 4.78 is 2.15. The molecule has 0 radical (unpaired) electrons. The molecule has 2 heterocycles. The summed E-state index contributed by atoms with van der Waals surface area (Å²) in [6.45, 7) is 4.73. The molecule has 1 fully saturated rings. The Hall–Kier alpha value is -3.18. The number of aryl methyl sites for hydroxylation is 1. The van der Waals surface area contributed by atoms with Crippen LogP contribution in [-0.2, 0) is 13.6 Å². The Kier molecular flexibility index (Phi) is 5.43. The third kappa shape index (κ3) is 4.19. The van der Waals surface area contributed by atoms with Gasteiger partial charge in [0.05, 0.1) is 17.6 Å². The van der Waals surface area contributed by atoms with E-state index in [0.29, 0.717) is 6.54 Å². The van der Waals surface area contributed by atoms with E-state index >= 15 is 0 Å². The summed E-state index contributed by atoms with van der Waals surface area (Å²) in [6, 6.07) is 25.1. The van der Waals surface area contributed by atoms with Crippen molar-refractivity contribution in [2.24, 2.45) is 7.05 Å². The minimum absolute atomic E-state index is 0.699. The van der Waals surface area contributed by atoms with Crippen molar-refractivity contribution in [2.45, 2.75) is 6.54 Å². The highest BCUT2D eigenvalue weighted by atomic mass is 35.5. The standard InChI is InChI=1S/C25H26ClN5/c1-29-24-5-3-2-4-23(24)28-25(29)18-27-20-8-12-22(13-9-20)31-16-14-30(15-17-31)21-10-6-19(26)7-11-21/h2-13,27H,14-18H2,1H3. The number of piperazine rings is 1. The zero-order valence-electron chi connectivity index (χ0n) is 17.6. The van der Waals surface area contributed by atoms with E-state index in [1.54, 1.807) is 0 Å². The molecule has 0 spiro atoms. The third-order valence-electron chi connectivity index (χ3n) is 6.03. The van der Waals surface area contributed by atoms with Crippen molar-refractivity contribution >= 4 is 39.7 Å². The summed E-state index contributed by atoms with van der Waals surface area (Å²) in [5, 5.41) is 4.29. The lowest BCUT2D eigenvalue weighted by Gasteiger charge is -2.37. The summed E-state index contributed by atoms with van der Waals surface area (Å²) in [6.07, 6.45) is 0. The van der Waals surface area contributed by atoms with Gasteiger partial charge in [0.25, 0.3) is 0 Å². The molecule has 0 saturated carbocycles. The van der Waals surface area contributed by atoms with E-state index in [1.807, 2.05) is 18.2 Å². The van der Waals surface area contributed by atoms with Crippen molar-refractivity contribution in [2.75, 3.05) is 41.3 Å². The van der Waals surface area contributed by atoms with Crippen LogP contribution in [0.1, 0.15) is 5.82 Å². The number of hydrogen-bond acceptors (Lipinski definition) is 4. The Balaban J connectivity index is 1.18. The quantitative estimate of drug-likeness (QED) is 0.473. The van der Waals surface area contributed by atoms with E-state index in [9.17, 15) is 0 Å². The number of fused-ring (bicyclic) bond motifs is 1. The van der Waals surface area contributed by atoms with Gasteiger partial charge >= 0.3 is 0 Å². The van der Waals surface area contributed by atoms with Crippen LogP contribution in [0.25, 0.3) is 11.0 Å². The minimum Gasteiger partial charge on any atom is -0.378 e. The number of hydrogen-bond donors (Lipinski definition) is 1. The summed E-state index contributed by atoms with van der Waals surface area (Å²) in [4.78, 5) is 9.60. The number of nitrogens with zero attached hydrogens (tertiary/aromatic N) is 4. The molecular weight excluding hydrogens is 406 g/mol. The molecule has 6 heteroatoms. The maximum absolute atomic E-state index is 6.01. The second kappa shape index (κ2) is 8.52. The molecule has 1 aromatic heterocycles. The lowest BCUT2D eigenvalue weighted by molar-refractivity contribution is 0.653. The van der Waals surface area contributed by atoms with Crippen molar-refractivity contribution < 1.29 is 0 Å². The fraction of sp³-hybridized carbons (Fsp3) is 0.240. The highest BCUT2D eigenvalue weighted by Crippen LogP contribution is 2.24. The molecule has 5 nitrogen and oxygen atoms in total. The first-order valence-electron chi connectivity index (χ1n) is 10.7. The maximum atomic E-state index is 6.01. The number of nitrogens with one attached hydrogen (secondary N) is 1. The van der Waals surface area contributed by atoms with Gasteiger partial charge in [-0.1, -0.05) is 23.7 Å². The van der Waals surface area contributed by atoms with Gasteiger partial charge in [0.15, 0.2) is 0 Å². The molecule has 0 amide bonds. The van der Waals surface area contributed by atoms with Crippen LogP contribution in [0.15, 0.2) is 72.8 Å². The summed E-state index contributed by atoms with van der Waals surface area (Å²) in [7, 11) is 2.07. The fourth-order valence-electron chi connectivity index (χ4n) is 4.20. The molecule has 0 aliphatic carbocycles. The van der Waals surface area contributed by atoms with Crippen LogP contribution in [0, 0.1) is 0 Å². The van der Waals surface area contributed by atoms with E-state index in [0.717, 1.165) is 53.7 Å². The highest BCUT2D eigenvalue weighted by molar-refractivity contribution is 6.30. The smallest absolute Gasteiger partial charge is 0.128 e. The summed E-state index contributed by atoms with van der Waals surface area (Å²) in [5.41, 5.74) is 5.81. The van der Waals surface area contributed by atoms with Crippen LogP contribution in [0.5, 0.6) is 0 Å². The predicted molar refractivity (Wildman–Crippen MR) is 130 cm³/mol. The average Bonchev–Trinajstić information content (AvgIpc) is 3.14. The second-order valence-electron chi connectivity index (χ2n) is 7.93.